The van der Waals surface area contributed by atoms with E-state index in [1.165, 1.54) is 0 Å². The number of aromatic nitrogens is 1. The van der Waals surface area contributed by atoms with Gasteiger partial charge in [0.2, 0.25) is 10.0 Å². The fourth-order valence-corrected chi connectivity index (χ4v) is 5.66. The van der Waals surface area contributed by atoms with Gasteiger partial charge in [0.1, 0.15) is 10.6 Å². The van der Waals surface area contributed by atoms with Crippen molar-refractivity contribution in [1.82, 2.24) is 14.8 Å². The summed E-state index contributed by atoms with van der Waals surface area (Å²) in [5.41, 5.74) is 0.455. The van der Waals surface area contributed by atoms with E-state index in [1.807, 2.05) is 0 Å². The number of sulfonamides is 1. The Hall–Kier alpha value is -0.920. The molecule has 118 valence electrons. The second-order valence-corrected chi connectivity index (χ2v) is 7.86. The van der Waals surface area contributed by atoms with Crippen LogP contribution in [-0.4, -0.2) is 43.1 Å². The highest BCUT2D eigenvalue weighted by molar-refractivity contribution is 7.89. The van der Waals surface area contributed by atoms with E-state index in [9.17, 15) is 8.42 Å². The number of aryl methyl sites for hydroxylation is 2. The van der Waals surface area contributed by atoms with E-state index < -0.39 is 10.0 Å². The van der Waals surface area contributed by atoms with Crippen molar-refractivity contribution in [3.63, 3.8) is 0 Å². The summed E-state index contributed by atoms with van der Waals surface area (Å²) in [6, 6.07) is 0.334. The fourth-order valence-electron chi connectivity index (χ4n) is 3.63. The first-order chi connectivity index (χ1) is 10.0. The SMILES string of the molecule is Cc1noc(C)c1S(=O)(=O)N1CCCCC1C1CCCN1. The predicted molar refractivity (Wildman–Crippen MR) is 78.5 cm³/mol. The molecule has 6 nitrogen and oxygen atoms in total. The second-order valence-electron chi connectivity index (χ2n) is 6.04. The molecule has 0 aliphatic carbocycles. The topological polar surface area (TPSA) is 75.4 Å². The minimum Gasteiger partial charge on any atom is -0.360 e. The third-order valence-corrected chi connectivity index (χ3v) is 6.77. The van der Waals surface area contributed by atoms with Crippen LogP contribution in [0.25, 0.3) is 0 Å². The maximum Gasteiger partial charge on any atom is 0.248 e. The van der Waals surface area contributed by atoms with Crippen molar-refractivity contribution in [3.8, 4) is 0 Å². The Morgan fingerprint density at radius 1 is 1.24 bits per heavy atom. The summed E-state index contributed by atoms with van der Waals surface area (Å²) in [5, 5.41) is 7.26. The molecule has 3 heterocycles. The molecule has 1 aromatic rings. The Bertz CT molecular complexity index is 585. The van der Waals surface area contributed by atoms with E-state index in [-0.39, 0.29) is 17.0 Å². The zero-order valence-electron chi connectivity index (χ0n) is 12.6. The van der Waals surface area contributed by atoms with Gasteiger partial charge in [-0.1, -0.05) is 11.6 Å². The van der Waals surface area contributed by atoms with Crippen LogP contribution < -0.4 is 5.32 Å². The minimum absolute atomic E-state index is 0.0555. The maximum absolute atomic E-state index is 13.1. The van der Waals surface area contributed by atoms with Crippen molar-refractivity contribution in [2.75, 3.05) is 13.1 Å². The van der Waals surface area contributed by atoms with Crippen LogP contribution in [-0.2, 0) is 10.0 Å². The highest BCUT2D eigenvalue weighted by Crippen LogP contribution is 2.31. The Morgan fingerprint density at radius 3 is 2.67 bits per heavy atom. The van der Waals surface area contributed by atoms with E-state index >= 15 is 0 Å². The minimum atomic E-state index is -3.53. The number of rotatable bonds is 3. The van der Waals surface area contributed by atoms with Crippen LogP contribution in [0, 0.1) is 13.8 Å². The molecule has 0 bridgehead atoms. The van der Waals surface area contributed by atoms with Gasteiger partial charge in [-0.3, -0.25) is 0 Å². The van der Waals surface area contributed by atoms with Gasteiger partial charge >= 0.3 is 0 Å². The van der Waals surface area contributed by atoms with Crippen LogP contribution in [0.15, 0.2) is 9.42 Å². The summed E-state index contributed by atoms with van der Waals surface area (Å²) in [4.78, 5) is 0.257. The lowest BCUT2D eigenvalue weighted by Crippen LogP contribution is -2.52. The van der Waals surface area contributed by atoms with Crippen molar-refractivity contribution in [2.45, 2.75) is 62.9 Å². The summed E-state index contributed by atoms with van der Waals surface area (Å²) in [6.45, 7) is 4.94. The number of hydrogen-bond acceptors (Lipinski definition) is 5. The van der Waals surface area contributed by atoms with Crippen LogP contribution in [0.5, 0.6) is 0 Å². The van der Waals surface area contributed by atoms with Crippen molar-refractivity contribution < 1.29 is 12.9 Å². The molecule has 2 saturated heterocycles. The van der Waals surface area contributed by atoms with Gasteiger partial charge in [0.05, 0.1) is 0 Å². The lowest BCUT2D eigenvalue weighted by atomic mass is 9.97. The van der Waals surface area contributed by atoms with Crippen molar-refractivity contribution in [3.05, 3.63) is 11.5 Å². The molecule has 7 heteroatoms. The van der Waals surface area contributed by atoms with Gasteiger partial charge in [0, 0.05) is 18.6 Å². The highest BCUT2D eigenvalue weighted by atomic mass is 32.2. The molecule has 2 fully saturated rings. The summed E-state index contributed by atoms with van der Waals surface area (Å²) >= 11 is 0. The third kappa shape index (κ3) is 2.62. The first-order valence-corrected chi connectivity index (χ1v) is 9.14. The third-order valence-electron chi connectivity index (χ3n) is 4.60. The van der Waals surface area contributed by atoms with Crippen LogP contribution in [0.1, 0.15) is 43.6 Å². The van der Waals surface area contributed by atoms with E-state index in [0.29, 0.717) is 18.0 Å². The van der Waals surface area contributed by atoms with Crippen LogP contribution >= 0.6 is 0 Å². The summed E-state index contributed by atoms with van der Waals surface area (Å²) < 4.78 is 32.9. The zero-order chi connectivity index (χ0) is 15.0. The summed E-state index contributed by atoms with van der Waals surface area (Å²) in [5.74, 6) is 0.385. The number of nitrogens with one attached hydrogen (secondary N) is 1. The Kier molecular flexibility index (Phi) is 4.07. The van der Waals surface area contributed by atoms with Gasteiger partial charge in [-0.15, -0.1) is 0 Å². The molecule has 2 atom stereocenters. The van der Waals surface area contributed by atoms with Gasteiger partial charge < -0.3 is 9.84 Å². The standard InChI is InChI=1S/C14H23N3O3S/c1-10-14(11(2)20-16-10)21(18,19)17-9-4-3-7-13(17)12-6-5-8-15-12/h12-13,15H,3-9H2,1-2H3. The number of nitrogens with zero attached hydrogens (tertiary/aromatic N) is 2. The van der Waals surface area contributed by atoms with E-state index in [0.717, 1.165) is 38.6 Å². The van der Waals surface area contributed by atoms with E-state index in [1.54, 1.807) is 18.2 Å². The first-order valence-electron chi connectivity index (χ1n) is 7.70. The molecular formula is C14H23N3O3S. The molecule has 0 radical (unpaired) electrons. The average Bonchev–Trinajstić information content (AvgIpc) is 3.09. The Labute approximate surface area is 125 Å². The lowest BCUT2D eigenvalue weighted by Gasteiger charge is -2.38. The number of piperidine rings is 1. The zero-order valence-corrected chi connectivity index (χ0v) is 13.4. The van der Waals surface area contributed by atoms with E-state index in [4.69, 9.17) is 4.52 Å². The second kappa shape index (κ2) is 5.70. The molecule has 1 aromatic heterocycles. The molecule has 1 N–H and O–H groups in total. The molecule has 0 spiro atoms. The van der Waals surface area contributed by atoms with E-state index in [2.05, 4.69) is 10.5 Å². The molecule has 0 aromatic carbocycles. The summed E-state index contributed by atoms with van der Waals surface area (Å²) in [7, 11) is -3.53. The Balaban J connectivity index is 1.95. The average molecular weight is 313 g/mol. The lowest BCUT2D eigenvalue weighted by molar-refractivity contribution is 0.210. The quantitative estimate of drug-likeness (QED) is 0.917. The van der Waals surface area contributed by atoms with Gasteiger partial charge in [0.15, 0.2) is 5.76 Å². The van der Waals surface area contributed by atoms with Gasteiger partial charge in [-0.25, -0.2) is 8.42 Å². The smallest absolute Gasteiger partial charge is 0.248 e. The molecule has 0 saturated carbocycles. The normalized spacial score (nSPS) is 28.1. The van der Waals surface area contributed by atoms with Crippen molar-refractivity contribution in [1.29, 1.82) is 0 Å². The number of hydrogen-bond donors (Lipinski definition) is 1. The van der Waals surface area contributed by atoms with Crippen LogP contribution in [0.3, 0.4) is 0 Å². The highest BCUT2D eigenvalue weighted by Gasteiger charge is 2.40. The first kappa shape index (κ1) is 15.0. The molecular weight excluding hydrogens is 290 g/mol. The maximum atomic E-state index is 13.1. The summed E-state index contributed by atoms with van der Waals surface area (Å²) in [6.07, 6.45) is 5.13. The Morgan fingerprint density at radius 2 is 2.05 bits per heavy atom. The van der Waals surface area contributed by atoms with Crippen LogP contribution in [0.4, 0.5) is 0 Å². The van der Waals surface area contributed by atoms with Gasteiger partial charge in [0.25, 0.3) is 0 Å². The molecule has 2 aliphatic rings. The molecule has 21 heavy (non-hydrogen) atoms. The van der Waals surface area contributed by atoms with Crippen LogP contribution in [0.2, 0.25) is 0 Å². The van der Waals surface area contributed by atoms with Crippen molar-refractivity contribution in [2.24, 2.45) is 0 Å². The molecule has 3 rings (SSSR count). The molecule has 2 unspecified atom stereocenters. The monoisotopic (exact) mass is 313 g/mol. The molecule has 2 aliphatic heterocycles. The van der Waals surface area contributed by atoms with Crippen molar-refractivity contribution >= 4 is 10.0 Å². The van der Waals surface area contributed by atoms with Gasteiger partial charge in [-0.2, -0.15) is 4.31 Å². The predicted octanol–water partition coefficient (Wildman–Crippen LogP) is 1.59. The van der Waals surface area contributed by atoms with Gasteiger partial charge in [-0.05, 0) is 46.1 Å². The molecule has 0 amide bonds. The fraction of sp³-hybridized carbons (Fsp3) is 0.786. The largest absolute Gasteiger partial charge is 0.360 e.